The molecule has 1 aliphatic carbocycles. The van der Waals surface area contributed by atoms with E-state index in [2.05, 4.69) is 15.6 Å². The van der Waals surface area contributed by atoms with Crippen molar-refractivity contribution in [3.63, 3.8) is 0 Å². The van der Waals surface area contributed by atoms with Gasteiger partial charge < -0.3 is 30.1 Å². The molecule has 0 radical (unpaired) electrons. The fourth-order valence-electron chi connectivity index (χ4n) is 7.87. The van der Waals surface area contributed by atoms with Crippen LogP contribution in [0.2, 0.25) is 0 Å². The van der Waals surface area contributed by atoms with Gasteiger partial charge in [-0.3, -0.25) is 28.9 Å². The molecule has 7 atom stereocenters. The van der Waals surface area contributed by atoms with Crippen molar-refractivity contribution in [2.45, 2.75) is 128 Å². The van der Waals surface area contributed by atoms with Gasteiger partial charge in [0.1, 0.15) is 16.7 Å². The molecule has 2 aliphatic rings. The Kier molecular flexibility index (Phi) is 16.7. The second-order valence-electron chi connectivity index (χ2n) is 15.9. The van der Waals surface area contributed by atoms with Crippen molar-refractivity contribution >= 4 is 41.0 Å². The lowest BCUT2D eigenvalue weighted by molar-refractivity contribution is -0.150. The Morgan fingerprint density at radius 2 is 1.84 bits per heavy atom. The first-order valence-corrected chi connectivity index (χ1v) is 20.9. The van der Waals surface area contributed by atoms with E-state index < -0.39 is 59.7 Å². The first-order valence-electron chi connectivity index (χ1n) is 20.0. The van der Waals surface area contributed by atoms with Crippen molar-refractivity contribution in [1.29, 1.82) is 0 Å². The average Bonchev–Trinajstić information content (AvgIpc) is 3.59. The van der Waals surface area contributed by atoms with Crippen LogP contribution in [0.15, 0.2) is 23.6 Å². The number of ether oxygens (including phenoxy) is 2. The number of esters is 1. The largest absolute Gasteiger partial charge is 0.481 e. The molecule has 3 N–H and O–H groups in total. The molecular weight excluding hydrogens is 780 g/mol. The molecule has 1 fully saturated rings. The minimum atomic E-state index is -4.64. The molecule has 1 aliphatic heterocycles. The average molecular weight is 838 g/mol. The summed E-state index contributed by atoms with van der Waals surface area (Å²) in [4.78, 5) is 74.8. The summed E-state index contributed by atoms with van der Waals surface area (Å²) in [6.07, 6.45) is -1.81. The first kappa shape index (κ1) is 46.6. The van der Waals surface area contributed by atoms with Gasteiger partial charge in [-0.2, -0.15) is 13.2 Å². The summed E-state index contributed by atoms with van der Waals surface area (Å²) < 4.78 is 51.7. The van der Waals surface area contributed by atoms with Crippen LogP contribution in [0.4, 0.5) is 13.2 Å². The number of piperidine rings is 1. The van der Waals surface area contributed by atoms with Crippen LogP contribution in [0.3, 0.4) is 0 Å². The maximum absolute atomic E-state index is 14.6. The lowest BCUT2D eigenvalue weighted by Gasteiger charge is -2.40. The molecule has 0 saturated carbocycles. The Balaban J connectivity index is 1.56. The minimum Gasteiger partial charge on any atom is -0.481 e. The number of carbonyl (C=O) groups excluding carboxylic acids is 4. The van der Waals surface area contributed by atoms with Gasteiger partial charge in [-0.1, -0.05) is 46.6 Å². The van der Waals surface area contributed by atoms with Crippen LogP contribution < -0.4 is 10.6 Å². The summed E-state index contributed by atoms with van der Waals surface area (Å²) in [5.41, 5.74) is -0.393. The van der Waals surface area contributed by atoms with E-state index in [1.54, 1.807) is 4.90 Å². The molecule has 2 aromatic rings. The number of methoxy groups -OCH3 is 1. The summed E-state index contributed by atoms with van der Waals surface area (Å²) in [6.45, 7) is 10.2. The fourth-order valence-corrected chi connectivity index (χ4v) is 8.71. The number of halogens is 3. The quantitative estimate of drug-likeness (QED) is 0.128. The highest BCUT2D eigenvalue weighted by atomic mass is 32.1. The van der Waals surface area contributed by atoms with E-state index in [9.17, 15) is 42.3 Å². The number of carboxylic acid groups (broad SMARTS) is 1. The zero-order valence-electron chi connectivity index (χ0n) is 34.4. The Morgan fingerprint density at radius 3 is 2.45 bits per heavy atom. The molecule has 1 aromatic carbocycles. The van der Waals surface area contributed by atoms with Crippen LogP contribution in [-0.4, -0.2) is 108 Å². The van der Waals surface area contributed by atoms with Gasteiger partial charge in [0.2, 0.25) is 11.8 Å². The van der Waals surface area contributed by atoms with Gasteiger partial charge >= 0.3 is 18.1 Å². The van der Waals surface area contributed by atoms with Gasteiger partial charge in [-0.15, -0.1) is 11.3 Å². The monoisotopic (exact) mass is 837 g/mol. The number of carboxylic acids is 1. The highest BCUT2D eigenvalue weighted by Gasteiger charge is 2.40. The van der Waals surface area contributed by atoms with Crippen LogP contribution in [-0.2, 0) is 41.2 Å². The number of aryl methyl sites for hydroxylation is 1. The lowest BCUT2D eigenvalue weighted by Crippen LogP contribution is -2.59. The highest BCUT2D eigenvalue weighted by Crippen LogP contribution is 2.37. The van der Waals surface area contributed by atoms with Crippen molar-refractivity contribution < 1.29 is 51.7 Å². The Labute approximate surface area is 342 Å². The van der Waals surface area contributed by atoms with Crippen LogP contribution in [0.5, 0.6) is 0 Å². The Morgan fingerprint density at radius 1 is 1.12 bits per heavy atom. The van der Waals surface area contributed by atoms with E-state index in [1.165, 1.54) is 25.5 Å². The third-order valence-corrected chi connectivity index (χ3v) is 12.3. The number of aliphatic carboxylic acids is 1. The van der Waals surface area contributed by atoms with Gasteiger partial charge in [-0.25, -0.2) is 4.98 Å². The van der Waals surface area contributed by atoms with E-state index in [0.717, 1.165) is 42.9 Å². The molecule has 0 spiro atoms. The second kappa shape index (κ2) is 20.7. The smallest absolute Gasteiger partial charge is 0.416 e. The molecule has 3 amide bonds. The van der Waals surface area contributed by atoms with E-state index in [0.29, 0.717) is 23.4 Å². The Bertz CT molecular complexity index is 1760. The van der Waals surface area contributed by atoms with Crippen molar-refractivity contribution in [3.05, 3.63) is 51.0 Å². The molecule has 13 nitrogen and oxygen atoms in total. The predicted octanol–water partition coefficient (Wildman–Crippen LogP) is 5.97. The van der Waals surface area contributed by atoms with Crippen molar-refractivity contribution in [1.82, 2.24) is 25.4 Å². The number of hydrogen-bond acceptors (Lipinski definition) is 10. The summed E-state index contributed by atoms with van der Waals surface area (Å²) in [5, 5.41) is 17.7. The molecule has 4 rings (SSSR count). The van der Waals surface area contributed by atoms with Gasteiger partial charge in [-0.05, 0) is 80.8 Å². The number of likely N-dealkylation sites (N-methyl/N-ethyl adjacent to an activating group) is 1. The first-order chi connectivity index (χ1) is 27.4. The third kappa shape index (κ3) is 12.0. The number of amides is 3. The van der Waals surface area contributed by atoms with Gasteiger partial charge in [0.25, 0.3) is 5.91 Å². The highest BCUT2D eigenvalue weighted by molar-refractivity contribution is 7.09. The normalized spacial score (nSPS) is 20.8. The zero-order valence-corrected chi connectivity index (χ0v) is 35.2. The summed E-state index contributed by atoms with van der Waals surface area (Å²) in [6, 6.07) is 0.743. The van der Waals surface area contributed by atoms with Crippen molar-refractivity contribution in [3.8, 4) is 0 Å². The van der Waals surface area contributed by atoms with Gasteiger partial charge in [0.15, 0.2) is 6.10 Å². The van der Waals surface area contributed by atoms with E-state index >= 15 is 0 Å². The number of carbonyl (C=O) groups is 5. The molecular formula is C41H58F3N5O8S. The van der Waals surface area contributed by atoms with Crippen molar-refractivity contribution in [2.75, 3.05) is 33.9 Å². The minimum absolute atomic E-state index is 0.00853. The zero-order chi connectivity index (χ0) is 42.9. The lowest BCUT2D eigenvalue weighted by atomic mass is 9.90. The SMILES string of the molecule is CCC(C)C(NC(=O)C1CCCCN1C)C(=O)N(CCOC)[C@H](C[C@@H](OC(C)=O)c1nc(C(=O)N[C@H]2CCc3ccc(C(F)(F)F)cc3[C@H](C(=O)O)C2)cs1)C(C)C. The van der Waals surface area contributed by atoms with E-state index in [4.69, 9.17) is 9.47 Å². The number of aromatic nitrogens is 1. The Hall–Kier alpha value is -4.09. The number of fused-ring (bicyclic) bond motifs is 1. The number of likely N-dealkylation sites (tertiary alicyclic amines) is 1. The summed E-state index contributed by atoms with van der Waals surface area (Å²) in [5.74, 6) is -4.62. The second-order valence-corrected chi connectivity index (χ2v) is 16.7. The fraction of sp³-hybridized carbons (Fsp3) is 0.659. The predicted molar refractivity (Wildman–Crippen MR) is 211 cm³/mol. The number of rotatable bonds is 17. The maximum Gasteiger partial charge on any atom is 0.416 e. The molecule has 3 unspecified atom stereocenters. The van der Waals surface area contributed by atoms with Crippen LogP contribution in [0, 0.1) is 11.8 Å². The maximum atomic E-state index is 14.6. The molecule has 1 aromatic heterocycles. The van der Waals surface area contributed by atoms with E-state index in [-0.39, 0.29) is 79.8 Å². The number of nitrogens with zero attached hydrogens (tertiary/aromatic N) is 3. The number of benzene rings is 1. The van der Waals surface area contributed by atoms with Gasteiger partial charge in [0, 0.05) is 44.5 Å². The van der Waals surface area contributed by atoms with Gasteiger partial charge in [0.05, 0.1) is 24.1 Å². The molecule has 58 heavy (non-hydrogen) atoms. The third-order valence-electron chi connectivity index (χ3n) is 11.4. The van der Waals surface area contributed by atoms with Crippen LogP contribution in [0.25, 0.3) is 0 Å². The summed E-state index contributed by atoms with van der Waals surface area (Å²) >= 11 is 1.08. The molecule has 0 bridgehead atoms. The molecule has 17 heteroatoms. The molecule has 2 heterocycles. The number of hydrogen-bond donors (Lipinski definition) is 3. The number of nitrogens with one attached hydrogen (secondary N) is 2. The van der Waals surface area contributed by atoms with E-state index in [1.807, 2.05) is 39.6 Å². The van der Waals surface area contributed by atoms with Crippen LogP contribution >= 0.6 is 11.3 Å². The molecule has 1 saturated heterocycles. The summed E-state index contributed by atoms with van der Waals surface area (Å²) in [7, 11) is 3.44. The van der Waals surface area contributed by atoms with Crippen LogP contribution in [0.1, 0.15) is 124 Å². The number of alkyl halides is 3. The van der Waals surface area contributed by atoms with Crippen molar-refractivity contribution in [2.24, 2.45) is 11.8 Å². The standard InChI is InChI=1S/C41H58F3N5O8S/c1-8-24(4)35(47-37(52)32-11-9-10-16-48(32)6)39(53)49(17-18-56-7)33(23(2)3)21-34(57-25(5)50)38-46-31(22-58-38)36(51)45-28-15-13-26-12-14-27(41(42,43)44)19-29(26)30(20-28)40(54)55/h12,14,19,22-24,28,30,32-35H,8-11,13,15-18,20-21H2,1-7H3,(H,45,51)(H,47,52)(H,54,55)/t24?,28-,30+,32?,33+,34+,35?/m0/s1. The molecule has 322 valence electrons. The number of thiazole rings is 1. The topological polar surface area (TPSA) is 167 Å².